The summed E-state index contributed by atoms with van der Waals surface area (Å²) in [7, 11) is 0. The number of hydrogen-bond donors (Lipinski definition) is 2. The minimum atomic E-state index is 0.199. The Balaban J connectivity index is 2.29. The number of piperidine rings is 1. The third-order valence-corrected chi connectivity index (χ3v) is 3.06. The van der Waals surface area contributed by atoms with Crippen LogP contribution in [0.4, 0.5) is 0 Å². The lowest BCUT2D eigenvalue weighted by atomic mass is 10.1. The van der Waals surface area contributed by atoms with Gasteiger partial charge in [0, 0.05) is 25.7 Å². The molecule has 4 heteroatoms. The maximum Gasteiger partial charge on any atom is 0.0702 e. The minimum absolute atomic E-state index is 0.199. The number of ether oxygens (including phenoxy) is 1. The fourth-order valence-corrected chi connectivity index (χ4v) is 2.34. The van der Waals surface area contributed by atoms with E-state index in [-0.39, 0.29) is 12.6 Å². The Hall–Kier alpha value is -0.160. The molecule has 1 heterocycles. The van der Waals surface area contributed by atoms with Crippen molar-refractivity contribution >= 4 is 0 Å². The van der Waals surface area contributed by atoms with E-state index in [0.29, 0.717) is 6.10 Å². The van der Waals surface area contributed by atoms with Gasteiger partial charge in [0.15, 0.2) is 0 Å². The molecule has 0 radical (unpaired) electrons. The number of likely N-dealkylation sites (tertiary alicyclic amines) is 1. The zero-order valence-electron chi connectivity index (χ0n) is 10.6. The Labute approximate surface area is 99.0 Å². The van der Waals surface area contributed by atoms with E-state index in [1.807, 2.05) is 6.92 Å². The van der Waals surface area contributed by atoms with Crippen LogP contribution < -0.4 is 5.32 Å². The van der Waals surface area contributed by atoms with Gasteiger partial charge >= 0.3 is 0 Å². The van der Waals surface area contributed by atoms with Crippen LogP contribution in [0.5, 0.6) is 0 Å². The van der Waals surface area contributed by atoms with Crippen molar-refractivity contribution in [3.05, 3.63) is 0 Å². The molecule has 2 atom stereocenters. The predicted octanol–water partition coefficient (Wildman–Crippen LogP) is 0.458. The molecule has 1 fully saturated rings. The van der Waals surface area contributed by atoms with E-state index < -0.39 is 0 Å². The molecule has 0 aromatic heterocycles. The standard InChI is InChI=1S/C12H26N2O2/c1-3-13-11(10-15)8-14-7-5-6-12(9-14)16-4-2/h11-13,15H,3-10H2,1-2H3. The Bertz CT molecular complexity index is 176. The van der Waals surface area contributed by atoms with Crippen LogP contribution in [0.3, 0.4) is 0 Å². The Morgan fingerprint density at radius 2 is 2.31 bits per heavy atom. The van der Waals surface area contributed by atoms with Crippen LogP contribution in [-0.4, -0.2) is 61.5 Å². The summed E-state index contributed by atoms with van der Waals surface area (Å²) in [6, 6.07) is 0.199. The van der Waals surface area contributed by atoms with Crippen molar-refractivity contribution in [1.82, 2.24) is 10.2 Å². The van der Waals surface area contributed by atoms with E-state index in [1.165, 1.54) is 12.8 Å². The Morgan fingerprint density at radius 1 is 1.50 bits per heavy atom. The van der Waals surface area contributed by atoms with Crippen molar-refractivity contribution < 1.29 is 9.84 Å². The van der Waals surface area contributed by atoms with Gasteiger partial charge in [0.2, 0.25) is 0 Å². The molecule has 2 unspecified atom stereocenters. The van der Waals surface area contributed by atoms with E-state index in [1.54, 1.807) is 0 Å². The van der Waals surface area contributed by atoms with Crippen molar-refractivity contribution in [2.45, 2.75) is 38.8 Å². The van der Waals surface area contributed by atoms with Crippen LogP contribution >= 0.6 is 0 Å². The summed E-state index contributed by atoms with van der Waals surface area (Å²) in [5, 5.41) is 12.5. The number of nitrogens with one attached hydrogen (secondary N) is 1. The van der Waals surface area contributed by atoms with E-state index >= 15 is 0 Å². The largest absolute Gasteiger partial charge is 0.395 e. The lowest BCUT2D eigenvalue weighted by Gasteiger charge is -2.34. The molecule has 1 saturated heterocycles. The first kappa shape index (κ1) is 13.9. The summed E-state index contributed by atoms with van der Waals surface area (Å²) in [5.74, 6) is 0. The third-order valence-electron chi connectivity index (χ3n) is 3.06. The first-order valence-corrected chi connectivity index (χ1v) is 6.48. The molecular formula is C12H26N2O2. The summed E-state index contributed by atoms with van der Waals surface area (Å²) < 4.78 is 5.66. The topological polar surface area (TPSA) is 44.7 Å². The van der Waals surface area contributed by atoms with Crippen molar-refractivity contribution in [3.8, 4) is 0 Å². The maximum atomic E-state index is 9.24. The summed E-state index contributed by atoms with van der Waals surface area (Å²) in [4.78, 5) is 2.40. The van der Waals surface area contributed by atoms with Crippen molar-refractivity contribution in [2.75, 3.05) is 39.4 Å². The van der Waals surface area contributed by atoms with Crippen molar-refractivity contribution in [3.63, 3.8) is 0 Å². The molecule has 0 amide bonds. The second kappa shape index (κ2) is 8.01. The average Bonchev–Trinajstić information content (AvgIpc) is 2.29. The van der Waals surface area contributed by atoms with E-state index in [4.69, 9.17) is 4.74 Å². The van der Waals surface area contributed by atoms with Gasteiger partial charge < -0.3 is 15.2 Å². The fourth-order valence-electron chi connectivity index (χ4n) is 2.34. The number of hydrogen-bond acceptors (Lipinski definition) is 4. The van der Waals surface area contributed by atoms with E-state index in [0.717, 1.165) is 32.8 Å². The highest BCUT2D eigenvalue weighted by Gasteiger charge is 2.21. The fraction of sp³-hybridized carbons (Fsp3) is 1.00. The Kier molecular flexibility index (Phi) is 6.96. The molecule has 0 saturated carbocycles. The van der Waals surface area contributed by atoms with Crippen molar-refractivity contribution in [2.24, 2.45) is 0 Å². The summed E-state index contributed by atoms with van der Waals surface area (Å²) >= 11 is 0. The summed E-state index contributed by atoms with van der Waals surface area (Å²) in [6.07, 6.45) is 2.77. The van der Waals surface area contributed by atoms with Gasteiger partial charge in [0.1, 0.15) is 0 Å². The molecule has 1 aliphatic heterocycles. The second-order valence-electron chi connectivity index (χ2n) is 4.42. The van der Waals surface area contributed by atoms with Gasteiger partial charge in [-0.25, -0.2) is 0 Å². The molecule has 1 rings (SSSR count). The van der Waals surface area contributed by atoms with Crippen LogP contribution in [-0.2, 0) is 4.74 Å². The first-order chi connectivity index (χ1) is 7.80. The average molecular weight is 230 g/mol. The van der Waals surface area contributed by atoms with E-state index in [9.17, 15) is 5.11 Å². The summed E-state index contributed by atoms with van der Waals surface area (Å²) in [5.41, 5.74) is 0. The normalized spacial score (nSPS) is 24.6. The SMILES string of the molecule is CCNC(CO)CN1CCCC(OCC)C1. The third kappa shape index (κ3) is 4.78. The number of likely N-dealkylation sites (N-methyl/N-ethyl adjacent to an activating group) is 1. The van der Waals surface area contributed by atoms with Crippen molar-refractivity contribution in [1.29, 1.82) is 0 Å². The van der Waals surface area contributed by atoms with Gasteiger partial charge in [0.05, 0.1) is 12.7 Å². The second-order valence-corrected chi connectivity index (χ2v) is 4.42. The maximum absolute atomic E-state index is 9.24. The van der Waals surface area contributed by atoms with E-state index in [2.05, 4.69) is 17.1 Å². The quantitative estimate of drug-likeness (QED) is 0.667. The lowest BCUT2D eigenvalue weighted by molar-refractivity contribution is 0.00179. The van der Waals surface area contributed by atoms with Crippen LogP contribution in [0.25, 0.3) is 0 Å². The van der Waals surface area contributed by atoms with Crippen LogP contribution in [0, 0.1) is 0 Å². The number of nitrogens with zero attached hydrogens (tertiary/aromatic N) is 1. The monoisotopic (exact) mass is 230 g/mol. The van der Waals surface area contributed by atoms with Crippen LogP contribution in [0.1, 0.15) is 26.7 Å². The lowest BCUT2D eigenvalue weighted by Crippen LogP contribution is -2.48. The van der Waals surface area contributed by atoms with Crippen LogP contribution in [0.15, 0.2) is 0 Å². The highest BCUT2D eigenvalue weighted by molar-refractivity contribution is 4.77. The van der Waals surface area contributed by atoms with Gasteiger partial charge in [-0.05, 0) is 32.9 Å². The summed E-state index contributed by atoms with van der Waals surface area (Å²) in [6.45, 7) is 9.11. The molecule has 0 aliphatic carbocycles. The molecule has 96 valence electrons. The number of aliphatic hydroxyl groups excluding tert-OH is 1. The number of rotatable bonds is 7. The first-order valence-electron chi connectivity index (χ1n) is 6.48. The predicted molar refractivity (Wildman–Crippen MR) is 65.6 cm³/mol. The molecule has 1 aliphatic rings. The van der Waals surface area contributed by atoms with Gasteiger partial charge in [-0.15, -0.1) is 0 Å². The van der Waals surface area contributed by atoms with Crippen LogP contribution in [0.2, 0.25) is 0 Å². The zero-order valence-corrected chi connectivity index (χ0v) is 10.6. The smallest absolute Gasteiger partial charge is 0.0702 e. The molecule has 2 N–H and O–H groups in total. The molecule has 0 bridgehead atoms. The molecule has 0 spiro atoms. The molecule has 0 aromatic rings. The van der Waals surface area contributed by atoms with Gasteiger partial charge in [-0.1, -0.05) is 6.92 Å². The molecule has 4 nitrogen and oxygen atoms in total. The van der Waals surface area contributed by atoms with Gasteiger partial charge in [-0.3, -0.25) is 4.90 Å². The highest BCUT2D eigenvalue weighted by atomic mass is 16.5. The number of aliphatic hydroxyl groups is 1. The Morgan fingerprint density at radius 3 is 2.94 bits per heavy atom. The highest BCUT2D eigenvalue weighted by Crippen LogP contribution is 2.13. The molecule has 16 heavy (non-hydrogen) atoms. The van der Waals surface area contributed by atoms with Gasteiger partial charge in [-0.2, -0.15) is 0 Å². The van der Waals surface area contributed by atoms with Gasteiger partial charge in [0.25, 0.3) is 0 Å². The zero-order chi connectivity index (χ0) is 11.8. The minimum Gasteiger partial charge on any atom is -0.395 e. The molecule has 0 aromatic carbocycles. The molecular weight excluding hydrogens is 204 g/mol.